The van der Waals surface area contributed by atoms with Crippen LogP contribution in [0.3, 0.4) is 0 Å². The van der Waals surface area contributed by atoms with E-state index in [9.17, 15) is 9.18 Å². The highest BCUT2D eigenvalue weighted by Gasteiger charge is 2.37. The number of pyridine rings is 1. The van der Waals surface area contributed by atoms with Crippen molar-refractivity contribution in [3.8, 4) is 22.8 Å². The van der Waals surface area contributed by atoms with E-state index in [1.807, 2.05) is 36.4 Å². The second-order valence-electron chi connectivity index (χ2n) is 11.0. The average molecular weight is 520 g/mol. The van der Waals surface area contributed by atoms with Gasteiger partial charge in [-0.05, 0) is 65.0 Å². The smallest absolute Gasteiger partial charge is 0.303 e. The summed E-state index contributed by atoms with van der Waals surface area (Å²) >= 11 is 0. The number of aromatic nitrogens is 1. The highest BCUT2D eigenvalue weighted by atomic mass is 19.1. The molecule has 38 heavy (non-hydrogen) atoms. The fraction of sp³-hybridized carbons (Fsp3) is 0.438. The standard InChI is InChI=1S/C29H32FNO4.C3H6/c1-29(2)13-5-8-25(29)23-15-20(9-11-22(23)24-16-27(34-3)31-17-26(24)30)18-35-21-7-4-6-19(14-21)10-12-28(32)33;1-2-3-1/h4,6-7,9,11,14-17,25H,5,8,10,12-13,18H2,1-3H3,(H,32,33);1-3H2. The third-order valence-corrected chi connectivity index (χ3v) is 7.36. The molecule has 0 amide bonds. The zero-order valence-corrected chi connectivity index (χ0v) is 22.6. The van der Waals surface area contributed by atoms with E-state index >= 15 is 0 Å². The summed E-state index contributed by atoms with van der Waals surface area (Å²) in [7, 11) is 1.53. The number of nitrogens with zero attached hydrogens (tertiary/aromatic N) is 1. The first-order valence-electron chi connectivity index (χ1n) is 13.5. The van der Waals surface area contributed by atoms with Gasteiger partial charge in [0.15, 0.2) is 0 Å². The van der Waals surface area contributed by atoms with E-state index in [4.69, 9.17) is 14.6 Å². The molecule has 2 aliphatic carbocycles. The van der Waals surface area contributed by atoms with Crippen LogP contribution in [0.2, 0.25) is 0 Å². The van der Waals surface area contributed by atoms with Crippen molar-refractivity contribution in [2.75, 3.05) is 7.11 Å². The number of hydrogen-bond acceptors (Lipinski definition) is 4. The van der Waals surface area contributed by atoms with Gasteiger partial charge in [0.05, 0.1) is 13.3 Å². The van der Waals surface area contributed by atoms with E-state index in [1.54, 1.807) is 6.07 Å². The summed E-state index contributed by atoms with van der Waals surface area (Å²) in [5, 5.41) is 8.93. The number of carbonyl (C=O) groups is 1. The summed E-state index contributed by atoms with van der Waals surface area (Å²) in [5.74, 6) is 0.195. The Morgan fingerprint density at radius 1 is 1.05 bits per heavy atom. The first kappa shape index (κ1) is 27.6. The molecule has 5 nitrogen and oxygen atoms in total. The van der Waals surface area contributed by atoms with Crippen LogP contribution in [-0.4, -0.2) is 23.2 Å². The summed E-state index contributed by atoms with van der Waals surface area (Å²) < 4.78 is 26.2. The Morgan fingerprint density at radius 3 is 2.50 bits per heavy atom. The molecule has 0 spiro atoms. The number of halogens is 1. The maximum absolute atomic E-state index is 14.9. The van der Waals surface area contributed by atoms with Crippen LogP contribution in [0.15, 0.2) is 54.7 Å². The third-order valence-electron chi connectivity index (χ3n) is 7.36. The van der Waals surface area contributed by atoms with Gasteiger partial charge in [0.1, 0.15) is 18.2 Å². The lowest BCUT2D eigenvalue weighted by Crippen LogP contribution is -2.17. The maximum Gasteiger partial charge on any atom is 0.303 e. The molecule has 1 unspecified atom stereocenters. The van der Waals surface area contributed by atoms with Crippen LogP contribution in [0.4, 0.5) is 4.39 Å². The monoisotopic (exact) mass is 519 g/mol. The third kappa shape index (κ3) is 7.33. The SMILES string of the molecule is C1CC1.COc1cc(-c2ccc(COc3cccc(CCC(=O)O)c3)cc2C2CCCC2(C)C)c(F)cn1. The van der Waals surface area contributed by atoms with Gasteiger partial charge < -0.3 is 14.6 Å². The largest absolute Gasteiger partial charge is 0.489 e. The van der Waals surface area contributed by atoms with E-state index in [1.165, 1.54) is 32.6 Å². The van der Waals surface area contributed by atoms with E-state index in [0.29, 0.717) is 36.1 Å². The summed E-state index contributed by atoms with van der Waals surface area (Å²) in [6, 6.07) is 15.3. The van der Waals surface area contributed by atoms with Crippen molar-refractivity contribution in [1.29, 1.82) is 0 Å². The van der Waals surface area contributed by atoms with E-state index in [2.05, 4.69) is 24.9 Å². The molecule has 0 aliphatic heterocycles. The molecule has 0 radical (unpaired) electrons. The van der Waals surface area contributed by atoms with Crippen molar-refractivity contribution >= 4 is 5.97 Å². The Kier molecular flexibility index (Phi) is 9.03. The van der Waals surface area contributed by atoms with Crippen LogP contribution in [0.25, 0.3) is 11.1 Å². The number of benzene rings is 2. The van der Waals surface area contributed by atoms with Gasteiger partial charge in [-0.3, -0.25) is 4.79 Å². The highest BCUT2D eigenvalue weighted by molar-refractivity contribution is 5.70. The number of methoxy groups -OCH3 is 1. The number of hydrogen-bond donors (Lipinski definition) is 1. The highest BCUT2D eigenvalue weighted by Crippen LogP contribution is 2.51. The van der Waals surface area contributed by atoms with Gasteiger partial charge in [0.2, 0.25) is 5.88 Å². The minimum Gasteiger partial charge on any atom is -0.489 e. The number of carboxylic acid groups (broad SMARTS) is 1. The Labute approximate surface area is 225 Å². The molecule has 2 aliphatic rings. The van der Waals surface area contributed by atoms with Crippen molar-refractivity contribution in [3.63, 3.8) is 0 Å². The molecular weight excluding hydrogens is 481 g/mol. The van der Waals surface area contributed by atoms with Crippen LogP contribution in [-0.2, 0) is 17.8 Å². The molecule has 0 bridgehead atoms. The molecule has 3 aromatic rings. The van der Waals surface area contributed by atoms with E-state index in [-0.39, 0.29) is 17.7 Å². The normalized spacial score (nSPS) is 17.3. The van der Waals surface area contributed by atoms with Gasteiger partial charge in [-0.25, -0.2) is 9.37 Å². The zero-order valence-electron chi connectivity index (χ0n) is 22.6. The Balaban J connectivity index is 0.00000105. The molecule has 202 valence electrons. The van der Waals surface area contributed by atoms with Crippen LogP contribution < -0.4 is 9.47 Å². The molecule has 2 fully saturated rings. The Morgan fingerprint density at radius 2 is 1.84 bits per heavy atom. The fourth-order valence-corrected chi connectivity index (χ4v) is 5.09. The second-order valence-corrected chi connectivity index (χ2v) is 11.0. The van der Waals surface area contributed by atoms with Gasteiger partial charge in [0.25, 0.3) is 0 Å². The molecule has 6 heteroatoms. The average Bonchev–Trinajstić information content (AvgIpc) is 3.75. The van der Waals surface area contributed by atoms with Crippen molar-refractivity contribution in [2.24, 2.45) is 5.41 Å². The first-order valence-corrected chi connectivity index (χ1v) is 13.5. The lowest BCUT2D eigenvalue weighted by atomic mass is 9.75. The fourth-order valence-electron chi connectivity index (χ4n) is 5.09. The molecular formula is C32H38FNO4. The molecule has 2 aromatic carbocycles. The van der Waals surface area contributed by atoms with Crippen LogP contribution >= 0.6 is 0 Å². The number of aryl methyl sites for hydroxylation is 1. The van der Waals surface area contributed by atoms with Crippen molar-refractivity contribution in [2.45, 2.75) is 77.7 Å². The lowest BCUT2D eigenvalue weighted by molar-refractivity contribution is -0.136. The van der Waals surface area contributed by atoms with E-state index < -0.39 is 5.97 Å². The summed E-state index contributed by atoms with van der Waals surface area (Å²) in [5.41, 5.74) is 4.52. The molecule has 0 saturated heterocycles. The molecule has 1 aromatic heterocycles. The van der Waals surface area contributed by atoms with Crippen LogP contribution in [0, 0.1) is 11.2 Å². The first-order chi connectivity index (χ1) is 18.3. The quantitative estimate of drug-likeness (QED) is 0.311. The van der Waals surface area contributed by atoms with Gasteiger partial charge in [-0.15, -0.1) is 0 Å². The zero-order chi connectivity index (χ0) is 27.1. The number of rotatable bonds is 9. The second kappa shape index (κ2) is 12.4. The molecule has 1 atom stereocenters. The maximum atomic E-state index is 14.9. The lowest BCUT2D eigenvalue weighted by Gasteiger charge is -2.30. The van der Waals surface area contributed by atoms with Crippen molar-refractivity contribution in [3.05, 3.63) is 77.2 Å². The Bertz CT molecular complexity index is 1250. The minimum atomic E-state index is -0.818. The van der Waals surface area contributed by atoms with E-state index in [0.717, 1.165) is 41.5 Å². The van der Waals surface area contributed by atoms with Gasteiger partial charge in [-0.1, -0.05) is 69.9 Å². The topological polar surface area (TPSA) is 68.7 Å². The molecule has 2 saturated carbocycles. The number of carboxylic acids is 1. The summed E-state index contributed by atoms with van der Waals surface area (Å²) in [6.07, 6.45) is 9.59. The van der Waals surface area contributed by atoms with Gasteiger partial charge in [-0.2, -0.15) is 0 Å². The van der Waals surface area contributed by atoms with Crippen LogP contribution in [0.1, 0.15) is 81.4 Å². The van der Waals surface area contributed by atoms with Crippen molar-refractivity contribution < 1.29 is 23.8 Å². The van der Waals surface area contributed by atoms with Crippen LogP contribution in [0.5, 0.6) is 11.6 Å². The minimum absolute atomic E-state index is 0.0851. The summed E-state index contributed by atoms with van der Waals surface area (Å²) in [4.78, 5) is 14.9. The molecule has 5 rings (SSSR count). The number of aliphatic carboxylic acids is 1. The predicted octanol–water partition coefficient (Wildman–Crippen LogP) is 7.96. The summed E-state index contributed by atoms with van der Waals surface area (Å²) in [6.45, 7) is 4.93. The van der Waals surface area contributed by atoms with Gasteiger partial charge >= 0.3 is 5.97 Å². The molecule has 1 heterocycles. The predicted molar refractivity (Wildman–Crippen MR) is 147 cm³/mol. The molecule has 1 N–H and O–H groups in total. The van der Waals surface area contributed by atoms with Gasteiger partial charge in [0, 0.05) is 18.1 Å². The van der Waals surface area contributed by atoms with Crippen molar-refractivity contribution in [1.82, 2.24) is 4.98 Å². The number of ether oxygens (including phenoxy) is 2. The Hall–Kier alpha value is -3.41.